The maximum absolute atomic E-state index is 10.6. The molecule has 0 unspecified atom stereocenters. The van der Waals surface area contributed by atoms with Gasteiger partial charge in [0.25, 0.3) is 0 Å². The fraction of sp³-hybridized carbons (Fsp3) is 0.833. The van der Waals surface area contributed by atoms with Crippen molar-refractivity contribution in [2.45, 2.75) is 58.8 Å². The summed E-state index contributed by atoms with van der Waals surface area (Å²) in [7, 11) is 0. The highest BCUT2D eigenvalue weighted by molar-refractivity contribution is 5.75. The van der Waals surface area contributed by atoms with Crippen molar-refractivity contribution in [3.05, 3.63) is 0 Å². The van der Waals surface area contributed by atoms with Crippen molar-refractivity contribution in [2.75, 3.05) is 6.61 Å². The second kappa shape index (κ2) is 9.69. The van der Waals surface area contributed by atoms with E-state index < -0.39 is 0 Å². The third-order valence-corrected chi connectivity index (χ3v) is 2.23. The zero-order valence-corrected chi connectivity index (χ0v) is 9.88. The summed E-state index contributed by atoms with van der Waals surface area (Å²) in [5.74, 6) is 0.0846. The molecule has 0 aliphatic heterocycles. The molecule has 0 bridgehead atoms. The van der Waals surface area contributed by atoms with Crippen LogP contribution in [0.25, 0.3) is 0 Å². The number of carbonyl (C=O) groups is 2. The number of hydrogen-bond donors (Lipinski definition) is 0. The minimum Gasteiger partial charge on any atom is -0.466 e. The Hall–Kier alpha value is -0.860. The summed E-state index contributed by atoms with van der Waals surface area (Å²) in [6, 6.07) is 0. The SMILES string of the molecule is CC(=O)CCCCCCCCOC(C)=O. The van der Waals surface area contributed by atoms with E-state index in [4.69, 9.17) is 4.74 Å². The molecule has 0 N–H and O–H groups in total. The standard InChI is InChI=1S/C12H22O3/c1-11(13)9-7-5-3-4-6-8-10-15-12(2)14/h3-10H2,1-2H3. The van der Waals surface area contributed by atoms with E-state index in [1.54, 1.807) is 6.92 Å². The topological polar surface area (TPSA) is 43.4 Å². The third-order valence-electron chi connectivity index (χ3n) is 2.23. The molecular formula is C12H22O3. The van der Waals surface area contributed by atoms with E-state index in [1.807, 2.05) is 0 Å². The lowest BCUT2D eigenvalue weighted by Gasteiger charge is -2.02. The van der Waals surface area contributed by atoms with Crippen LogP contribution in [0.15, 0.2) is 0 Å². The van der Waals surface area contributed by atoms with E-state index in [-0.39, 0.29) is 11.8 Å². The highest BCUT2D eigenvalue weighted by Crippen LogP contribution is 2.07. The lowest BCUT2D eigenvalue weighted by Crippen LogP contribution is -2.00. The molecule has 3 heteroatoms. The first-order chi connectivity index (χ1) is 7.13. The van der Waals surface area contributed by atoms with Crippen LogP contribution in [0.1, 0.15) is 58.8 Å². The van der Waals surface area contributed by atoms with E-state index >= 15 is 0 Å². The monoisotopic (exact) mass is 214 g/mol. The number of esters is 1. The highest BCUT2D eigenvalue weighted by Gasteiger charge is 1.95. The quantitative estimate of drug-likeness (QED) is 0.438. The minimum absolute atomic E-state index is 0.198. The molecule has 0 saturated heterocycles. The van der Waals surface area contributed by atoms with Crippen LogP contribution in [0.2, 0.25) is 0 Å². The Bertz CT molecular complexity index is 167. The summed E-state index contributed by atoms with van der Waals surface area (Å²) in [5.41, 5.74) is 0. The second-order valence-corrected chi connectivity index (χ2v) is 3.91. The number of ketones is 1. The molecule has 0 rings (SSSR count). The van der Waals surface area contributed by atoms with Gasteiger partial charge in [0.2, 0.25) is 0 Å². The third kappa shape index (κ3) is 13.1. The van der Waals surface area contributed by atoms with Gasteiger partial charge in [0, 0.05) is 13.3 Å². The largest absolute Gasteiger partial charge is 0.466 e. The van der Waals surface area contributed by atoms with Crippen molar-refractivity contribution >= 4 is 11.8 Å². The van der Waals surface area contributed by atoms with Gasteiger partial charge in [-0.15, -0.1) is 0 Å². The van der Waals surface area contributed by atoms with Gasteiger partial charge in [-0.3, -0.25) is 4.79 Å². The van der Waals surface area contributed by atoms with Crippen LogP contribution in [0.3, 0.4) is 0 Å². The number of rotatable bonds is 9. The molecule has 0 aliphatic carbocycles. The molecule has 0 saturated carbocycles. The number of unbranched alkanes of at least 4 members (excludes halogenated alkanes) is 5. The summed E-state index contributed by atoms with van der Waals surface area (Å²) < 4.78 is 4.82. The maximum atomic E-state index is 10.6. The Kier molecular flexibility index (Phi) is 9.13. The molecule has 0 aromatic rings. The average molecular weight is 214 g/mol. The fourth-order valence-electron chi connectivity index (χ4n) is 1.40. The maximum Gasteiger partial charge on any atom is 0.302 e. The number of carbonyl (C=O) groups excluding carboxylic acids is 2. The second-order valence-electron chi connectivity index (χ2n) is 3.91. The summed E-state index contributed by atoms with van der Waals surface area (Å²) in [6.07, 6.45) is 7.26. The van der Waals surface area contributed by atoms with Crippen LogP contribution in [0, 0.1) is 0 Å². The van der Waals surface area contributed by atoms with Crippen LogP contribution >= 0.6 is 0 Å². The molecule has 0 spiro atoms. The lowest BCUT2D eigenvalue weighted by atomic mass is 10.1. The van der Waals surface area contributed by atoms with E-state index in [9.17, 15) is 9.59 Å². The van der Waals surface area contributed by atoms with Gasteiger partial charge in [0.15, 0.2) is 0 Å². The Morgan fingerprint density at radius 2 is 1.40 bits per heavy atom. The molecule has 15 heavy (non-hydrogen) atoms. The van der Waals surface area contributed by atoms with E-state index in [2.05, 4.69) is 0 Å². The molecule has 0 aromatic carbocycles. The van der Waals surface area contributed by atoms with Gasteiger partial charge in [0.05, 0.1) is 6.61 Å². The Labute approximate surface area is 92.2 Å². The van der Waals surface area contributed by atoms with Gasteiger partial charge in [-0.2, -0.15) is 0 Å². The molecule has 0 aromatic heterocycles. The molecule has 0 atom stereocenters. The zero-order chi connectivity index (χ0) is 11.5. The first kappa shape index (κ1) is 14.1. The molecule has 0 amide bonds. The van der Waals surface area contributed by atoms with Crippen molar-refractivity contribution in [1.29, 1.82) is 0 Å². The van der Waals surface area contributed by atoms with E-state index in [0.29, 0.717) is 13.0 Å². The van der Waals surface area contributed by atoms with Crippen molar-refractivity contribution in [2.24, 2.45) is 0 Å². The van der Waals surface area contributed by atoms with Gasteiger partial charge in [0.1, 0.15) is 5.78 Å². The van der Waals surface area contributed by atoms with Gasteiger partial charge >= 0.3 is 5.97 Å². The van der Waals surface area contributed by atoms with Crippen molar-refractivity contribution in [3.8, 4) is 0 Å². The van der Waals surface area contributed by atoms with Crippen molar-refractivity contribution < 1.29 is 14.3 Å². The van der Waals surface area contributed by atoms with E-state index in [0.717, 1.165) is 25.7 Å². The van der Waals surface area contributed by atoms with Crippen LogP contribution in [-0.2, 0) is 14.3 Å². The summed E-state index contributed by atoms with van der Waals surface area (Å²) in [5, 5.41) is 0. The molecule has 0 aliphatic rings. The Morgan fingerprint density at radius 1 is 0.867 bits per heavy atom. The van der Waals surface area contributed by atoms with Gasteiger partial charge in [-0.1, -0.05) is 25.7 Å². The van der Waals surface area contributed by atoms with Crippen LogP contribution in [0.4, 0.5) is 0 Å². The summed E-state index contributed by atoms with van der Waals surface area (Å²) >= 11 is 0. The number of ether oxygens (including phenoxy) is 1. The van der Waals surface area contributed by atoms with Gasteiger partial charge < -0.3 is 9.53 Å². The predicted octanol–water partition coefficient (Wildman–Crippen LogP) is 2.87. The lowest BCUT2D eigenvalue weighted by molar-refractivity contribution is -0.141. The van der Waals surface area contributed by atoms with E-state index in [1.165, 1.54) is 19.8 Å². The van der Waals surface area contributed by atoms with Crippen LogP contribution < -0.4 is 0 Å². The fourth-order valence-corrected chi connectivity index (χ4v) is 1.40. The van der Waals surface area contributed by atoms with Crippen molar-refractivity contribution in [1.82, 2.24) is 0 Å². The van der Waals surface area contributed by atoms with Crippen LogP contribution in [0.5, 0.6) is 0 Å². The summed E-state index contributed by atoms with van der Waals surface area (Å²) in [4.78, 5) is 21.1. The normalized spacial score (nSPS) is 10.0. The first-order valence-corrected chi connectivity index (χ1v) is 5.75. The van der Waals surface area contributed by atoms with Crippen molar-refractivity contribution in [3.63, 3.8) is 0 Å². The smallest absolute Gasteiger partial charge is 0.302 e. The van der Waals surface area contributed by atoms with Crippen LogP contribution in [-0.4, -0.2) is 18.4 Å². The zero-order valence-electron chi connectivity index (χ0n) is 9.88. The van der Waals surface area contributed by atoms with Gasteiger partial charge in [-0.05, 0) is 19.8 Å². The molecular weight excluding hydrogens is 192 g/mol. The highest BCUT2D eigenvalue weighted by atomic mass is 16.5. The molecule has 0 radical (unpaired) electrons. The Balaban J connectivity index is 2.99. The Morgan fingerprint density at radius 3 is 1.93 bits per heavy atom. The van der Waals surface area contributed by atoms with Gasteiger partial charge in [-0.25, -0.2) is 0 Å². The number of Topliss-reactive ketones (excluding diaryl/α,β-unsaturated/α-hetero) is 1. The minimum atomic E-state index is -0.198. The predicted molar refractivity (Wildman–Crippen MR) is 59.6 cm³/mol. The molecule has 0 heterocycles. The molecule has 0 fully saturated rings. The first-order valence-electron chi connectivity index (χ1n) is 5.75. The molecule has 3 nitrogen and oxygen atoms in total. The average Bonchev–Trinajstić information content (AvgIpc) is 2.14. The number of hydrogen-bond acceptors (Lipinski definition) is 3. The summed E-state index contributed by atoms with van der Waals surface area (Å²) in [6.45, 7) is 3.61. The molecule has 88 valence electrons.